The maximum absolute atomic E-state index is 6.57. The molecule has 12 heteroatoms. The summed E-state index contributed by atoms with van der Waals surface area (Å²) in [5.74, 6) is 6.55. The van der Waals surface area contributed by atoms with Crippen molar-refractivity contribution in [3.63, 3.8) is 0 Å². The average molecular weight is 779 g/mol. The van der Waals surface area contributed by atoms with Gasteiger partial charge in [-0.25, -0.2) is 0 Å². The number of rotatable bonds is 25. The van der Waals surface area contributed by atoms with Gasteiger partial charge < -0.3 is 56.8 Å². The Hall–Kier alpha value is -5.20. The van der Waals surface area contributed by atoms with E-state index in [9.17, 15) is 0 Å². The molecule has 2 atom stereocenters. The highest BCUT2D eigenvalue weighted by molar-refractivity contribution is 5.54. The molecule has 0 aromatic heterocycles. The minimum absolute atomic E-state index is 0.0705. The zero-order valence-electron chi connectivity index (χ0n) is 34.5. The van der Waals surface area contributed by atoms with Crippen molar-refractivity contribution in [1.29, 1.82) is 0 Å². The summed E-state index contributed by atoms with van der Waals surface area (Å²) >= 11 is 0. The summed E-state index contributed by atoms with van der Waals surface area (Å²) in [6.07, 6.45) is 3.12. The van der Waals surface area contributed by atoms with E-state index in [1.54, 1.807) is 71.1 Å². The average Bonchev–Trinajstić information content (AvgIpc) is 3.24. The fourth-order valence-electron chi connectivity index (χ4n) is 6.84. The third kappa shape index (κ3) is 11.9. The van der Waals surface area contributed by atoms with Crippen molar-refractivity contribution in [1.82, 2.24) is 0 Å². The highest BCUT2D eigenvalue weighted by atomic mass is 16.5. The van der Waals surface area contributed by atoms with E-state index in [0.29, 0.717) is 67.3 Å². The van der Waals surface area contributed by atoms with Crippen molar-refractivity contribution in [3.8, 4) is 57.5 Å². The van der Waals surface area contributed by atoms with Crippen LogP contribution < -0.4 is 47.4 Å². The van der Waals surface area contributed by atoms with Crippen LogP contribution in [0.5, 0.6) is 57.5 Å². The third-order valence-corrected chi connectivity index (χ3v) is 9.67. The lowest BCUT2D eigenvalue weighted by molar-refractivity contribution is 0.0578. The molecule has 0 unspecified atom stereocenters. The molecule has 0 saturated heterocycles. The Labute approximate surface area is 331 Å². The number of hydrogen-bond acceptors (Lipinski definition) is 12. The monoisotopic (exact) mass is 778 g/mol. The van der Waals surface area contributed by atoms with Crippen LogP contribution in [0.4, 0.5) is 0 Å². The standard InChI is InChI=1S/C44H58O12/c1-45-35-16-29(17-36(24-35)46-2)14-33(12-11-13-55-26-31-20-39(49-5)43(53-9)40(21-31)50-6)34(15-30-18-37(47-3)25-38(19-30)48-4)28-56-27-32-22-41(51-7)44(54-10)42(23-32)52-8/h16-25,33-34H,11-15,26-28H2,1-10H3/t33-,34+/m0/s1. The lowest BCUT2D eigenvalue weighted by atomic mass is 9.80. The molecule has 0 aliphatic rings. The van der Waals surface area contributed by atoms with Crippen LogP contribution in [0.15, 0.2) is 60.7 Å². The minimum atomic E-state index is 0.0705. The summed E-state index contributed by atoms with van der Waals surface area (Å²) in [5.41, 5.74) is 4.00. The van der Waals surface area contributed by atoms with Crippen LogP contribution in [0, 0.1) is 11.8 Å². The first-order valence-corrected chi connectivity index (χ1v) is 18.4. The van der Waals surface area contributed by atoms with E-state index < -0.39 is 0 Å². The van der Waals surface area contributed by atoms with Crippen molar-refractivity contribution in [3.05, 3.63) is 82.9 Å². The van der Waals surface area contributed by atoms with Gasteiger partial charge in [0.1, 0.15) is 23.0 Å². The van der Waals surface area contributed by atoms with E-state index in [2.05, 4.69) is 24.3 Å². The lowest BCUT2D eigenvalue weighted by Crippen LogP contribution is -2.25. The normalized spacial score (nSPS) is 12.0. The summed E-state index contributed by atoms with van der Waals surface area (Å²) in [7, 11) is 16.2. The molecule has 0 amide bonds. The first-order chi connectivity index (χ1) is 27.3. The van der Waals surface area contributed by atoms with Crippen molar-refractivity contribution in [2.24, 2.45) is 11.8 Å². The van der Waals surface area contributed by atoms with Gasteiger partial charge in [0.2, 0.25) is 11.5 Å². The van der Waals surface area contributed by atoms with Crippen LogP contribution in [0.2, 0.25) is 0 Å². The van der Waals surface area contributed by atoms with Gasteiger partial charge >= 0.3 is 0 Å². The highest BCUT2D eigenvalue weighted by Crippen LogP contribution is 2.40. The maximum atomic E-state index is 6.57. The quantitative estimate of drug-likeness (QED) is 0.0608. The lowest BCUT2D eigenvalue weighted by Gasteiger charge is -2.28. The van der Waals surface area contributed by atoms with Gasteiger partial charge in [-0.2, -0.15) is 0 Å². The van der Waals surface area contributed by atoms with Gasteiger partial charge in [0, 0.05) is 18.7 Å². The number of ether oxygens (including phenoxy) is 12. The van der Waals surface area contributed by atoms with E-state index in [0.717, 1.165) is 64.5 Å². The second-order valence-corrected chi connectivity index (χ2v) is 13.1. The van der Waals surface area contributed by atoms with Crippen LogP contribution >= 0.6 is 0 Å². The topological polar surface area (TPSA) is 111 Å². The third-order valence-electron chi connectivity index (χ3n) is 9.67. The first-order valence-electron chi connectivity index (χ1n) is 18.4. The van der Waals surface area contributed by atoms with Crippen molar-refractivity contribution >= 4 is 0 Å². The van der Waals surface area contributed by atoms with Crippen LogP contribution in [0.25, 0.3) is 0 Å². The molecular weight excluding hydrogens is 720 g/mol. The Morgan fingerprint density at radius 1 is 0.375 bits per heavy atom. The van der Waals surface area contributed by atoms with Gasteiger partial charge in [0.25, 0.3) is 0 Å². The van der Waals surface area contributed by atoms with Gasteiger partial charge in [-0.1, -0.05) is 0 Å². The number of benzene rings is 4. The largest absolute Gasteiger partial charge is 0.497 e. The van der Waals surface area contributed by atoms with E-state index in [1.165, 1.54) is 0 Å². The van der Waals surface area contributed by atoms with Gasteiger partial charge in [-0.05, 0) is 108 Å². The van der Waals surface area contributed by atoms with Crippen molar-refractivity contribution < 1.29 is 56.8 Å². The molecule has 4 rings (SSSR count). The summed E-state index contributed by atoms with van der Waals surface area (Å²) in [4.78, 5) is 0. The van der Waals surface area contributed by atoms with Crippen LogP contribution in [-0.2, 0) is 35.5 Å². The van der Waals surface area contributed by atoms with Gasteiger partial charge in [0.15, 0.2) is 23.0 Å². The van der Waals surface area contributed by atoms with Gasteiger partial charge in [-0.3, -0.25) is 0 Å². The zero-order chi connectivity index (χ0) is 40.5. The molecule has 306 valence electrons. The van der Waals surface area contributed by atoms with E-state index in [-0.39, 0.29) is 11.8 Å². The molecule has 0 bridgehead atoms. The molecular formula is C44H58O12. The highest BCUT2D eigenvalue weighted by Gasteiger charge is 2.25. The predicted molar refractivity (Wildman–Crippen MR) is 214 cm³/mol. The summed E-state index contributed by atoms with van der Waals surface area (Å²) in [5, 5.41) is 0. The summed E-state index contributed by atoms with van der Waals surface area (Å²) in [6.45, 7) is 1.74. The molecule has 0 aliphatic heterocycles. The molecule has 0 N–H and O–H groups in total. The fraction of sp³-hybridized carbons (Fsp3) is 0.455. The molecule has 4 aromatic rings. The predicted octanol–water partition coefficient (Wildman–Crippen LogP) is 8.00. The molecule has 0 radical (unpaired) electrons. The zero-order valence-corrected chi connectivity index (χ0v) is 34.5. The Morgan fingerprint density at radius 3 is 1.11 bits per heavy atom. The first kappa shape index (κ1) is 43.5. The van der Waals surface area contributed by atoms with E-state index in [1.807, 2.05) is 36.4 Å². The Balaban J connectivity index is 1.62. The molecule has 4 aromatic carbocycles. The maximum Gasteiger partial charge on any atom is 0.203 e. The summed E-state index contributed by atoms with van der Waals surface area (Å²) < 4.78 is 68.7. The van der Waals surface area contributed by atoms with E-state index in [4.69, 9.17) is 56.8 Å². The molecule has 0 saturated carbocycles. The Kier molecular flexibility index (Phi) is 17.4. The smallest absolute Gasteiger partial charge is 0.203 e. The second-order valence-electron chi connectivity index (χ2n) is 13.1. The fourth-order valence-corrected chi connectivity index (χ4v) is 6.84. The van der Waals surface area contributed by atoms with Crippen LogP contribution in [0.3, 0.4) is 0 Å². The summed E-state index contributed by atoms with van der Waals surface area (Å²) in [6, 6.07) is 19.7. The Morgan fingerprint density at radius 2 is 0.750 bits per heavy atom. The molecule has 12 nitrogen and oxygen atoms in total. The molecule has 0 heterocycles. The van der Waals surface area contributed by atoms with Crippen molar-refractivity contribution in [2.75, 3.05) is 84.3 Å². The van der Waals surface area contributed by atoms with E-state index >= 15 is 0 Å². The molecule has 0 aliphatic carbocycles. The molecule has 0 spiro atoms. The Bertz CT molecular complexity index is 1710. The van der Waals surface area contributed by atoms with Gasteiger partial charge in [-0.15, -0.1) is 0 Å². The van der Waals surface area contributed by atoms with Gasteiger partial charge in [0.05, 0.1) is 90.9 Å². The second kappa shape index (κ2) is 22.4. The van der Waals surface area contributed by atoms with Crippen LogP contribution in [-0.4, -0.2) is 84.3 Å². The molecule has 0 fully saturated rings. The SMILES string of the molecule is COc1cc(C[C@H](CCCOCc2cc(OC)c(OC)c(OC)c2)[C@@H](COCc2cc(OC)c(OC)c(OC)c2)Cc2cc(OC)cc(OC)c2)cc(OC)c1. The minimum Gasteiger partial charge on any atom is -0.497 e. The molecule has 56 heavy (non-hydrogen) atoms. The van der Waals surface area contributed by atoms with Crippen LogP contribution in [0.1, 0.15) is 35.1 Å². The number of methoxy groups -OCH3 is 10. The number of hydrogen-bond donors (Lipinski definition) is 0. The van der Waals surface area contributed by atoms with Crippen molar-refractivity contribution in [2.45, 2.75) is 38.9 Å².